The van der Waals surface area contributed by atoms with Crippen molar-refractivity contribution in [2.45, 2.75) is 25.1 Å². The predicted octanol–water partition coefficient (Wildman–Crippen LogP) is 3.55. The molecule has 0 unspecified atom stereocenters. The Morgan fingerprint density at radius 2 is 1.89 bits per heavy atom. The van der Waals surface area contributed by atoms with Crippen LogP contribution in [-0.4, -0.2) is 30.7 Å². The molecule has 0 radical (unpaired) electrons. The Bertz CT molecular complexity index is 969. The third-order valence-electron chi connectivity index (χ3n) is 4.84. The average molecular weight is 372 g/mol. The van der Waals surface area contributed by atoms with E-state index in [4.69, 9.17) is 4.74 Å². The lowest BCUT2D eigenvalue weighted by Gasteiger charge is -2.30. The fourth-order valence-corrected chi connectivity index (χ4v) is 3.63. The van der Waals surface area contributed by atoms with Gasteiger partial charge in [0.1, 0.15) is 11.8 Å². The second-order valence-electron chi connectivity index (χ2n) is 6.39. The summed E-state index contributed by atoms with van der Waals surface area (Å²) in [5.41, 5.74) is 3.83. The molecule has 2 aromatic carbocycles. The summed E-state index contributed by atoms with van der Waals surface area (Å²) in [6.45, 7) is -2.87. The lowest BCUT2D eigenvalue weighted by molar-refractivity contribution is -0.143. The summed E-state index contributed by atoms with van der Waals surface area (Å²) in [5, 5.41) is 4.36. The minimum atomic E-state index is -2.87. The number of methoxy groups -OCH3 is 1. The molecule has 3 aromatic rings. The standard InChI is InChI=1S/C20H18F2N2O3/c1-26-19(25)16-10-14-13-4-2-3-5-15(13)23-18(14)17(24-16)11-6-8-12(9-7-11)27-20(21)22/h2-9,16-17,20,23-24H,10H2,1H3/t16-,17-/m1/s1. The topological polar surface area (TPSA) is 63.4 Å². The number of fused-ring (bicyclic) bond motifs is 3. The first kappa shape index (κ1) is 17.5. The van der Waals surface area contributed by atoms with Crippen LogP contribution in [0.4, 0.5) is 8.78 Å². The summed E-state index contributed by atoms with van der Waals surface area (Å²) in [5.74, 6) is -0.250. The Hall–Kier alpha value is -2.93. The monoisotopic (exact) mass is 372 g/mol. The third-order valence-corrected chi connectivity index (χ3v) is 4.84. The molecule has 7 heteroatoms. The lowest BCUT2D eigenvalue weighted by atomic mass is 9.90. The second-order valence-corrected chi connectivity index (χ2v) is 6.39. The average Bonchev–Trinajstić information content (AvgIpc) is 3.05. The normalized spacial score (nSPS) is 19.1. The second kappa shape index (κ2) is 7.00. The highest BCUT2D eigenvalue weighted by Gasteiger charge is 2.34. The van der Waals surface area contributed by atoms with E-state index in [0.29, 0.717) is 6.42 Å². The molecule has 4 rings (SSSR count). The van der Waals surface area contributed by atoms with E-state index in [1.54, 1.807) is 12.1 Å². The van der Waals surface area contributed by atoms with Crippen molar-refractivity contribution in [3.63, 3.8) is 0 Å². The van der Waals surface area contributed by atoms with Gasteiger partial charge in [-0.2, -0.15) is 8.78 Å². The molecule has 0 amide bonds. The number of ether oxygens (including phenoxy) is 2. The number of nitrogens with one attached hydrogen (secondary N) is 2. The van der Waals surface area contributed by atoms with Crippen molar-refractivity contribution in [1.82, 2.24) is 10.3 Å². The van der Waals surface area contributed by atoms with Crippen LogP contribution in [0.25, 0.3) is 10.9 Å². The molecule has 27 heavy (non-hydrogen) atoms. The number of alkyl halides is 2. The van der Waals surface area contributed by atoms with Crippen LogP contribution < -0.4 is 10.1 Å². The van der Waals surface area contributed by atoms with Crippen molar-refractivity contribution in [2.75, 3.05) is 7.11 Å². The van der Waals surface area contributed by atoms with Crippen LogP contribution >= 0.6 is 0 Å². The van der Waals surface area contributed by atoms with E-state index in [-0.39, 0.29) is 17.8 Å². The highest BCUT2D eigenvalue weighted by Crippen LogP contribution is 2.35. The lowest BCUT2D eigenvalue weighted by Crippen LogP contribution is -2.45. The van der Waals surface area contributed by atoms with Crippen LogP contribution in [0.2, 0.25) is 0 Å². The van der Waals surface area contributed by atoms with E-state index >= 15 is 0 Å². The van der Waals surface area contributed by atoms with Gasteiger partial charge in [-0.1, -0.05) is 30.3 Å². The number of para-hydroxylation sites is 1. The SMILES string of the molecule is COC(=O)[C@H]1Cc2c([nH]c3ccccc23)[C@@H](c2ccc(OC(F)F)cc2)N1. The van der Waals surface area contributed by atoms with Crippen LogP contribution in [0.15, 0.2) is 48.5 Å². The first-order valence-corrected chi connectivity index (χ1v) is 8.55. The molecule has 0 fully saturated rings. The van der Waals surface area contributed by atoms with Gasteiger partial charge < -0.3 is 14.5 Å². The number of rotatable bonds is 4. The number of carbonyl (C=O) groups excluding carboxylic acids is 1. The zero-order valence-electron chi connectivity index (χ0n) is 14.5. The molecule has 0 spiro atoms. The van der Waals surface area contributed by atoms with E-state index in [1.807, 2.05) is 24.3 Å². The first-order chi connectivity index (χ1) is 13.1. The Morgan fingerprint density at radius 1 is 1.15 bits per heavy atom. The number of benzene rings is 2. The van der Waals surface area contributed by atoms with E-state index in [1.165, 1.54) is 19.2 Å². The van der Waals surface area contributed by atoms with Gasteiger partial charge in [0.25, 0.3) is 0 Å². The summed E-state index contributed by atoms with van der Waals surface area (Å²) in [6, 6.07) is 13.5. The fourth-order valence-electron chi connectivity index (χ4n) is 3.63. The maximum atomic E-state index is 12.4. The molecule has 0 saturated heterocycles. The maximum Gasteiger partial charge on any atom is 0.387 e. The van der Waals surface area contributed by atoms with Gasteiger partial charge >= 0.3 is 12.6 Å². The van der Waals surface area contributed by atoms with Gasteiger partial charge in [-0.05, 0) is 29.3 Å². The maximum absolute atomic E-state index is 12.4. The fraction of sp³-hybridized carbons (Fsp3) is 0.250. The van der Waals surface area contributed by atoms with E-state index < -0.39 is 12.7 Å². The molecule has 1 aromatic heterocycles. The molecular weight excluding hydrogens is 354 g/mol. The van der Waals surface area contributed by atoms with Crippen LogP contribution in [0.1, 0.15) is 22.9 Å². The molecular formula is C20H18F2N2O3. The summed E-state index contributed by atoms with van der Waals surface area (Å²) < 4.78 is 34.1. The van der Waals surface area contributed by atoms with E-state index in [9.17, 15) is 13.6 Å². The van der Waals surface area contributed by atoms with E-state index in [2.05, 4.69) is 15.0 Å². The van der Waals surface area contributed by atoms with Crippen molar-refractivity contribution in [2.24, 2.45) is 0 Å². The Morgan fingerprint density at radius 3 is 2.59 bits per heavy atom. The summed E-state index contributed by atoms with van der Waals surface area (Å²) in [6.07, 6.45) is 0.509. The van der Waals surface area contributed by atoms with Gasteiger partial charge in [0, 0.05) is 23.0 Å². The Balaban J connectivity index is 1.76. The molecule has 140 valence electrons. The smallest absolute Gasteiger partial charge is 0.387 e. The largest absolute Gasteiger partial charge is 0.468 e. The van der Waals surface area contributed by atoms with Crippen molar-refractivity contribution < 1.29 is 23.0 Å². The third kappa shape index (κ3) is 3.26. The number of esters is 1. The quantitative estimate of drug-likeness (QED) is 0.688. The zero-order chi connectivity index (χ0) is 19.0. The molecule has 5 nitrogen and oxygen atoms in total. The molecule has 0 bridgehead atoms. The highest BCUT2D eigenvalue weighted by atomic mass is 19.3. The van der Waals surface area contributed by atoms with Gasteiger partial charge in [0.2, 0.25) is 0 Å². The number of carbonyl (C=O) groups is 1. The van der Waals surface area contributed by atoms with Gasteiger partial charge in [0.15, 0.2) is 0 Å². The van der Waals surface area contributed by atoms with Gasteiger partial charge in [-0.3, -0.25) is 10.1 Å². The highest BCUT2D eigenvalue weighted by molar-refractivity contribution is 5.87. The number of H-pyrrole nitrogens is 1. The number of hydrogen-bond donors (Lipinski definition) is 2. The van der Waals surface area contributed by atoms with Gasteiger partial charge in [-0.15, -0.1) is 0 Å². The molecule has 1 aliphatic rings. The zero-order valence-corrected chi connectivity index (χ0v) is 14.5. The van der Waals surface area contributed by atoms with E-state index in [0.717, 1.165) is 27.7 Å². The molecule has 2 heterocycles. The Labute approximate surface area is 154 Å². The number of hydrogen-bond acceptors (Lipinski definition) is 4. The number of aromatic amines is 1. The van der Waals surface area contributed by atoms with Crippen molar-refractivity contribution >= 4 is 16.9 Å². The van der Waals surface area contributed by atoms with Gasteiger partial charge in [-0.25, -0.2) is 0 Å². The number of aromatic nitrogens is 1. The molecule has 0 saturated carbocycles. The molecule has 2 atom stereocenters. The predicted molar refractivity (Wildman–Crippen MR) is 95.9 cm³/mol. The van der Waals surface area contributed by atoms with Crippen molar-refractivity contribution in [1.29, 1.82) is 0 Å². The minimum absolute atomic E-state index is 0.0888. The van der Waals surface area contributed by atoms with Crippen LogP contribution in [0.5, 0.6) is 5.75 Å². The van der Waals surface area contributed by atoms with Crippen LogP contribution in [0.3, 0.4) is 0 Å². The van der Waals surface area contributed by atoms with Crippen molar-refractivity contribution in [3.05, 3.63) is 65.4 Å². The summed E-state index contributed by atoms with van der Waals surface area (Å²) in [7, 11) is 1.36. The van der Waals surface area contributed by atoms with Crippen molar-refractivity contribution in [3.8, 4) is 5.75 Å². The van der Waals surface area contributed by atoms with Crippen LogP contribution in [0, 0.1) is 0 Å². The number of halogens is 2. The molecule has 2 N–H and O–H groups in total. The van der Waals surface area contributed by atoms with Crippen LogP contribution in [-0.2, 0) is 16.0 Å². The molecule has 1 aliphatic heterocycles. The molecule has 0 aliphatic carbocycles. The Kier molecular flexibility index (Phi) is 4.53. The summed E-state index contributed by atoms with van der Waals surface area (Å²) >= 11 is 0. The minimum Gasteiger partial charge on any atom is -0.468 e. The van der Waals surface area contributed by atoms with Gasteiger partial charge in [0.05, 0.1) is 13.2 Å². The first-order valence-electron chi connectivity index (χ1n) is 8.55. The summed E-state index contributed by atoms with van der Waals surface area (Å²) in [4.78, 5) is 15.6.